The zero-order valence-corrected chi connectivity index (χ0v) is 12.6. The molecule has 0 atom stereocenters. The Balaban J connectivity index is 1.48. The predicted molar refractivity (Wildman–Crippen MR) is 84.6 cm³/mol. The van der Waals surface area contributed by atoms with E-state index in [9.17, 15) is 4.79 Å². The van der Waals surface area contributed by atoms with E-state index in [2.05, 4.69) is 15.2 Å². The SMILES string of the molecule is O=C(NCc1cccs1)N1CCN(c2ccncc2)CC1. The van der Waals surface area contributed by atoms with Gasteiger partial charge in [0, 0.05) is 49.1 Å². The Morgan fingerprint density at radius 3 is 2.62 bits per heavy atom. The molecular formula is C15H18N4OS. The number of urea groups is 1. The second-order valence-electron chi connectivity index (χ2n) is 4.92. The van der Waals surface area contributed by atoms with Crippen molar-refractivity contribution in [3.05, 3.63) is 46.9 Å². The average molecular weight is 302 g/mol. The van der Waals surface area contributed by atoms with E-state index in [1.807, 2.05) is 34.5 Å². The summed E-state index contributed by atoms with van der Waals surface area (Å²) in [4.78, 5) is 21.5. The van der Waals surface area contributed by atoms with E-state index in [4.69, 9.17) is 0 Å². The van der Waals surface area contributed by atoms with Gasteiger partial charge in [0.05, 0.1) is 6.54 Å². The summed E-state index contributed by atoms with van der Waals surface area (Å²) in [7, 11) is 0. The van der Waals surface area contributed by atoms with Crippen molar-refractivity contribution in [2.45, 2.75) is 6.54 Å². The zero-order valence-electron chi connectivity index (χ0n) is 11.7. The van der Waals surface area contributed by atoms with Gasteiger partial charge >= 0.3 is 6.03 Å². The predicted octanol–water partition coefficient (Wildman–Crippen LogP) is 2.17. The molecule has 110 valence electrons. The number of hydrogen-bond acceptors (Lipinski definition) is 4. The minimum Gasteiger partial charge on any atom is -0.368 e. The van der Waals surface area contributed by atoms with Crippen molar-refractivity contribution in [2.24, 2.45) is 0 Å². The molecule has 5 nitrogen and oxygen atoms in total. The minimum absolute atomic E-state index is 0.0257. The molecule has 6 heteroatoms. The van der Waals surface area contributed by atoms with Gasteiger partial charge in [0.2, 0.25) is 0 Å². The average Bonchev–Trinajstić information content (AvgIpc) is 3.07. The van der Waals surface area contributed by atoms with Crippen LogP contribution in [0.2, 0.25) is 0 Å². The number of pyridine rings is 1. The zero-order chi connectivity index (χ0) is 14.5. The van der Waals surface area contributed by atoms with E-state index < -0.39 is 0 Å². The van der Waals surface area contributed by atoms with Crippen LogP contribution in [0.3, 0.4) is 0 Å². The quantitative estimate of drug-likeness (QED) is 0.945. The molecule has 1 fully saturated rings. The van der Waals surface area contributed by atoms with Crippen molar-refractivity contribution in [2.75, 3.05) is 31.1 Å². The first-order chi connectivity index (χ1) is 10.3. The lowest BCUT2D eigenvalue weighted by molar-refractivity contribution is 0.194. The summed E-state index contributed by atoms with van der Waals surface area (Å²) in [6, 6.07) is 8.07. The molecule has 0 saturated carbocycles. The molecule has 0 radical (unpaired) electrons. The molecular weight excluding hydrogens is 284 g/mol. The van der Waals surface area contributed by atoms with Gasteiger partial charge in [0.15, 0.2) is 0 Å². The molecule has 2 aromatic rings. The molecule has 21 heavy (non-hydrogen) atoms. The summed E-state index contributed by atoms with van der Waals surface area (Å²) in [6.07, 6.45) is 3.60. The van der Waals surface area contributed by atoms with Gasteiger partial charge in [-0.2, -0.15) is 0 Å². The largest absolute Gasteiger partial charge is 0.368 e. The standard InChI is InChI=1S/C15H18N4OS/c20-15(17-12-14-2-1-11-21-14)19-9-7-18(8-10-19)13-3-5-16-6-4-13/h1-6,11H,7-10,12H2,(H,17,20). The fourth-order valence-corrected chi connectivity index (χ4v) is 3.05. The molecule has 3 rings (SSSR count). The Kier molecular flexibility index (Phi) is 4.35. The van der Waals surface area contributed by atoms with Crippen LogP contribution in [0.5, 0.6) is 0 Å². The van der Waals surface area contributed by atoms with Gasteiger partial charge in [0.1, 0.15) is 0 Å². The van der Waals surface area contributed by atoms with Crippen LogP contribution in [0, 0.1) is 0 Å². The molecule has 2 amide bonds. The van der Waals surface area contributed by atoms with E-state index in [0.29, 0.717) is 6.54 Å². The first kappa shape index (κ1) is 13.9. The minimum atomic E-state index is 0.0257. The molecule has 0 aliphatic carbocycles. The Morgan fingerprint density at radius 1 is 1.19 bits per heavy atom. The number of nitrogens with one attached hydrogen (secondary N) is 1. The third-order valence-electron chi connectivity index (χ3n) is 3.59. The molecule has 0 aromatic carbocycles. The fourth-order valence-electron chi connectivity index (χ4n) is 2.41. The van der Waals surface area contributed by atoms with Gasteiger partial charge in [-0.1, -0.05) is 6.07 Å². The van der Waals surface area contributed by atoms with Crippen molar-refractivity contribution in [3.8, 4) is 0 Å². The monoisotopic (exact) mass is 302 g/mol. The second-order valence-corrected chi connectivity index (χ2v) is 5.95. The number of rotatable bonds is 3. The van der Waals surface area contributed by atoms with E-state index in [0.717, 1.165) is 26.2 Å². The van der Waals surface area contributed by atoms with Gasteiger partial charge in [-0.15, -0.1) is 11.3 Å². The highest BCUT2D eigenvalue weighted by Gasteiger charge is 2.20. The summed E-state index contributed by atoms with van der Waals surface area (Å²) in [5.41, 5.74) is 1.17. The highest BCUT2D eigenvalue weighted by molar-refractivity contribution is 7.09. The molecule has 1 aliphatic rings. The van der Waals surface area contributed by atoms with Gasteiger partial charge in [-0.3, -0.25) is 4.98 Å². The maximum atomic E-state index is 12.1. The Bertz CT molecular complexity index is 565. The summed E-state index contributed by atoms with van der Waals surface area (Å²) in [5.74, 6) is 0. The van der Waals surface area contributed by atoms with Crippen LogP contribution in [0.1, 0.15) is 4.88 Å². The number of hydrogen-bond donors (Lipinski definition) is 1. The van der Waals surface area contributed by atoms with Crippen LogP contribution in [0.25, 0.3) is 0 Å². The maximum absolute atomic E-state index is 12.1. The molecule has 0 bridgehead atoms. The summed E-state index contributed by atoms with van der Waals surface area (Å²) >= 11 is 1.66. The normalized spacial score (nSPS) is 15.0. The van der Waals surface area contributed by atoms with Crippen molar-refractivity contribution in [1.29, 1.82) is 0 Å². The first-order valence-corrected chi connectivity index (χ1v) is 7.91. The van der Waals surface area contributed by atoms with Crippen molar-refractivity contribution in [3.63, 3.8) is 0 Å². The number of carbonyl (C=O) groups excluding carboxylic acids is 1. The van der Waals surface area contributed by atoms with Crippen LogP contribution in [0.15, 0.2) is 42.0 Å². The second kappa shape index (κ2) is 6.58. The number of piperazine rings is 1. The van der Waals surface area contributed by atoms with E-state index in [-0.39, 0.29) is 6.03 Å². The van der Waals surface area contributed by atoms with Gasteiger partial charge in [-0.25, -0.2) is 4.79 Å². The first-order valence-electron chi connectivity index (χ1n) is 7.03. The van der Waals surface area contributed by atoms with E-state index in [1.54, 1.807) is 23.7 Å². The molecule has 0 spiro atoms. The third kappa shape index (κ3) is 3.52. The number of anilines is 1. The Morgan fingerprint density at radius 2 is 1.95 bits per heavy atom. The van der Waals surface area contributed by atoms with Gasteiger partial charge in [0.25, 0.3) is 0 Å². The molecule has 3 heterocycles. The van der Waals surface area contributed by atoms with Crippen molar-refractivity contribution < 1.29 is 4.79 Å². The van der Waals surface area contributed by atoms with Crippen LogP contribution in [-0.4, -0.2) is 42.1 Å². The molecule has 1 aliphatic heterocycles. The van der Waals surface area contributed by atoms with Gasteiger partial charge in [-0.05, 0) is 23.6 Å². The number of amides is 2. The van der Waals surface area contributed by atoms with Crippen LogP contribution >= 0.6 is 11.3 Å². The smallest absolute Gasteiger partial charge is 0.317 e. The molecule has 1 saturated heterocycles. The summed E-state index contributed by atoms with van der Waals surface area (Å²) in [5, 5.41) is 5.00. The molecule has 1 N–H and O–H groups in total. The summed E-state index contributed by atoms with van der Waals surface area (Å²) in [6.45, 7) is 3.82. The third-order valence-corrected chi connectivity index (χ3v) is 4.47. The molecule has 2 aromatic heterocycles. The highest BCUT2D eigenvalue weighted by Crippen LogP contribution is 2.15. The van der Waals surface area contributed by atoms with Crippen molar-refractivity contribution >= 4 is 23.1 Å². The molecule has 0 unspecified atom stereocenters. The Hall–Kier alpha value is -2.08. The lowest BCUT2D eigenvalue weighted by atomic mass is 10.3. The highest BCUT2D eigenvalue weighted by atomic mass is 32.1. The van der Waals surface area contributed by atoms with Crippen LogP contribution < -0.4 is 10.2 Å². The number of carbonyl (C=O) groups is 1. The lowest BCUT2D eigenvalue weighted by Crippen LogP contribution is -2.51. The van der Waals surface area contributed by atoms with Crippen molar-refractivity contribution in [1.82, 2.24) is 15.2 Å². The lowest BCUT2D eigenvalue weighted by Gasteiger charge is -2.36. The summed E-state index contributed by atoms with van der Waals surface area (Å²) < 4.78 is 0. The van der Waals surface area contributed by atoms with E-state index >= 15 is 0 Å². The topological polar surface area (TPSA) is 48.5 Å². The Labute approximate surface area is 128 Å². The maximum Gasteiger partial charge on any atom is 0.317 e. The van der Waals surface area contributed by atoms with Crippen LogP contribution in [0.4, 0.5) is 10.5 Å². The number of thiophene rings is 1. The number of nitrogens with zero attached hydrogens (tertiary/aromatic N) is 3. The fraction of sp³-hybridized carbons (Fsp3) is 0.333. The van der Waals surface area contributed by atoms with E-state index in [1.165, 1.54) is 10.6 Å². The number of aromatic nitrogens is 1. The van der Waals surface area contributed by atoms with Gasteiger partial charge < -0.3 is 15.1 Å². The van der Waals surface area contributed by atoms with Crippen LogP contribution in [-0.2, 0) is 6.54 Å².